The molecule has 2 aromatic rings. The van der Waals surface area contributed by atoms with Crippen molar-refractivity contribution in [3.63, 3.8) is 0 Å². The largest absolute Gasteiger partial charge is 0.355 e. The van der Waals surface area contributed by atoms with Crippen LogP contribution in [0, 0.1) is 0 Å². The third kappa shape index (κ3) is 4.79. The van der Waals surface area contributed by atoms with Gasteiger partial charge in [-0.05, 0) is 29.2 Å². The quantitative estimate of drug-likeness (QED) is 0.894. The van der Waals surface area contributed by atoms with Crippen LogP contribution in [0.5, 0.6) is 0 Å². The highest BCUT2D eigenvalue weighted by atomic mass is 16.2. The highest BCUT2D eigenvalue weighted by Gasteiger charge is 2.13. The summed E-state index contributed by atoms with van der Waals surface area (Å²) in [4.78, 5) is 35.7. The van der Waals surface area contributed by atoms with Gasteiger partial charge in [0.15, 0.2) is 0 Å². The van der Waals surface area contributed by atoms with E-state index in [9.17, 15) is 14.4 Å². The van der Waals surface area contributed by atoms with E-state index >= 15 is 0 Å². The molecule has 1 heterocycles. The maximum Gasteiger partial charge on any atom is 0.252 e. The number of pyridine rings is 1. The summed E-state index contributed by atoms with van der Waals surface area (Å²) >= 11 is 0. The number of amides is 2. The first kappa shape index (κ1) is 18.4. The molecule has 0 bridgehead atoms. The number of carbonyl (C=O) groups is 2. The van der Waals surface area contributed by atoms with Gasteiger partial charge < -0.3 is 15.2 Å². The average molecular weight is 341 g/mol. The van der Waals surface area contributed by atoms with E-state index in [0.717, 1.165) is 0 Å². The Hall–Kier alpha value is -2.89. The van der Waals surface area contributed by atoms with Crippen LogP contribution in [0.3, 0.4) is 0 Å². The van der Waals surface area contributed by atoms with E-state index in [2.05, 4.69) is 31.4 Å². The summed E-state index contributed by atoms with van der Waals surface area (Å²) < 4.78 is 1.21. The lowest BCUT2D eigenvalue weighted by molar-refractivity contribution is -0.116. The van der Waals surface area contributed by atoms with Crippen molar-refractivity contribution < 1.29 is 9.59 Å². The summed E-state index contributed by atoms with van der Waals surface area (Å²) in [7, 11) is 1.51. The van der Waals surface area contributed by atoms with Crippen molar-refractivity contribution in [2.75, 3.05) is 12.4 Å². The van der Waals surface area contributed by atoms with Crippen molar-refractivity contribution in [2.45, 2.75) is 32.7 Å². The molecule has 0 aliphatic heterocycles. The first-order valence-corrected chi connectivity index (χ1v) is 8.03. The second-order valence-corrected chi connectivity index (χ2v) is 6.84. The molecule has 0 unspecified atom stereocenters. The predicted octanol–water partition coefficient (Wildman–Crippen LogP) is 2.14. The van der Waals surface area contributed by atoms with E-state index in [1.54, 1.807) is 0 Å². The molecule has 0 spiro atoms. The molecule has 2 N–H and O–H groups in total. The Balaban J connectivity index is 2.10. The minimum atomic E-state index is -0.342. The molecule has 0 saturated carbocycles. The smallest absolute Gasteiger partial charge is 0.252 e. The number of rotatable bonds is 4. The van der Waals surface area contributed by atoms with Gasteiger partial charge >= 0.3 is 0 Å². The van der Waals surface area contributed by atoms with Gasteiger partial charge in [-0.2, -0.15) is 0 Å². The Morgan fingerprint density at radius 2 is 1.68 bits per heavy atom. The van der Waals surface area contributed by atoms with Crippen LogP contribution in [-0.4, -0.2) is 23.4 Å². The molecule has 1 aromatic carbocycles. The monoisotopic (exact) mass is 341 g/mol. The van der Waals surface area contributed by atoms with Crippen molar-refractivity contribution in [3.05, 3.63) is 64.1 Å². The maximum atomic E-state index is 12.2. The Kier molecular flexibility index (Phi) is 5.41. The predicted molar refractivity (Wildman–Crippen MR) is 97.9 cm³/mol. The molecule has 2 amide bonds. The molecular formula is C19H23N3O3. The lowest BCUT2D eigenvalue weighted by Crippen LogP contribution is -2.29. The standard InChI is InChI=1S/C19H23N3O3/c1-19(2,3)14-6-8-15(9-7-14)21-16(23)12-22-11-13(18(25)20-4)5-10-17(22)24/h5-11H,12H2,1-4H3,(H,20,25)(H,21,23). The number of benzene rings is 1. The van der Waals surface area contributed by atoms with Crippen LogP contribution < -0.4 is 16.2 Å². The third-order valence-electron chi connectivity index (χ3n) is 3.82. The summed E-state index contributed by atoms with van der Waals surface area (Å²) in [5, 5.41) is 5.24. The zero-order valence-electron chi connectivity index (χ0n) is 14.9. The number of anilines is 1. The van der Waals surface area contributed by atoms with Crippen LogP contribution in [-0.2, 0) is 16.8 Å². The molecule has 0 fully saturated rings. The Morgan fingerprint density at radius 1 is 1.04 bits per heavy atom. The van der Waals surface area contributed by atoms with Gasteiger partial charge in [-0.3, -0.25) is 14.4 Å². The zero-order valence-corrected chi connectivity index (χ0v) is 14.9. The highest BCUT2D eigenvalue weighted by molar-refractivity contribution is 5.94. The number of nitrogens with zero attached hydrogens (tertiary/aromatic N) is 1. The molecule has 0 saturated heterocycles. The van der Waals surface area contributed by atoms with E-state index in [-0.39, 0.29) is 29.3 Å². The SMILES string of the molecule is CNC(=O)c1ccc(=O)n(CC(=O)Nc2ccc(C(C)(C)C)cc2)c1. The Bertz CT molecular complexity index is 830. The fraction of sp³-hybridized carbons (Fsp3) is 0.316. The number of hydrogen-bond acceptors (Lipinski definition) is 3. The van der Waals surface area contributed by atoms with E-state index in [1.807, 2.05) is 24.3 Å². The zero-order chi connectivity index (χ0) is 18.6. The van der Waals surface area contributed by atoms with Crippen molar-refractivity contribution in [1.82, 2.24) is 9.88 Å². The summed E-state index contributed by atoms with van der Waals surface area (Å²) in [6.45, 7) is 6.19. The lowest BCUT2D eigenvalue weighted by Gasteiger charge is -2.19. The van der Waals surface area contributed by atoms with E-state index in [0.29, 0.717) is 11.3 Å². The normalized spacial score (nSPS) is 11.0. The fourth-order valence-corrected chi connectivity index (χ4v) is 2.34. The summed E-state index contributed by atoms with van der Waals surface area (Å²) in [6, 6.07) is 10.3. The van der Waals surface area contributed by atoms with Gasteiger partial charge in [-0.15, -0.1) is 0 Å². The molecule has 1 aromatic heterocycles. The first-order chi connectivity index (χ1) is 11.7. The van der Waals surface area contributed by atoms with Gasteiger partial charge in [0.2, 0.25) is 5.91 Å². The van der Waals surface area contributed by atoms with Gasteiger partial charge in [0.1, 0.15) is 6.54 Å². The van der Waals surface area contributed by atoms with Gasteiger partial charge in [0, 0.05) is 25.0 Å². The number of carbonyl (C=O) groups excluding carboxylic acids is 2. The summed E-state index contributed by atoms with van der Waals surface area (Å²) in [6.07, 6.45) is 1.38. The van der Waals surface area contributed by atoms with Crippen LogP contribution in [0.15, 0.2) is 47.4 Å². The van der Waals surface area contributed by atoms with Gasteiger partial charge in [0.05, 0.1) is 5.56 Å². The Labute approximate surface area is 146 Å². The topological polar surface area (TPSA) is 80.2 Å². The second-order valence-electron chi connectivity index (χ2n) is 6.84. The molecule has 0 aliphatic rings. The second kappa shape index (κ2) is 7.34. The van der Waals surface area contributed by atoms with Crippen molar-refractivity contribution >= 4 is 17.5 Å². The number of hydrogen-bond donors (Lipinski definition) is 2. The molecule has 6 nitrogen and oxygen atoms in total. The number of aromatic nitrogens is 1. The van der Waals surface area contributed by atoms with Crippen molar-refractivity contribution in [3.8, 4) is 0 Å². The highest BCUT2D eigenvalue weighted by Crippen LogP contribution is 2.23. The van der Waals surface area contributed by atoms with Gasteiger partial charge in [-0.1, -0.05) is 32.9 Å². The third-order valence-corrected chi connectivity index (χ3v) is 3.82. The van der Waals surface area contributed by atoms with Crippen LogP contribution in [0.25, 0.3) is 0 Å². The van der Waals surface area contributed by atoms with Crippen molar-refractivity contribution in [1.29, 1.82) is 0 Å². The van der Waals surface area contributed by atoms with Crippen molar-refractivity contribution in [2.24, 2.45) is 0 Å². The fourth-order valence-electron chi connectivity index (χ4n) is 2.34. The molecule has 25 heavy (non-hydrogen) atoms. The summed E-state index contributed by atoms with van der Waals surface area (Å²) in [5.41, 5.74) is 1.85. The van der Waals surface area contributed by atoms with Gasteiger partial charge in [0.25, 0.3) is 11.5 Å². The molecule has 2 rings (SSSR count). The Morgan fingerprint density at radius 3 is 2.24 bits per heavy atom. The minimum Gasteiger partial charge on any atom is -0.355 e. The van der Waals surface area contributed by atoms with Crippen LogP contribution in [0.2, 0.25) is 0 Å². The average Bonchev–Trinajstić information content (AvgIpc) is 2.55. The summed E-state index contributed by atoms with van der Waals surface area (Å²) in [5.74, 6) is -0.647. The molecular weight excluding hydrogens is 318 g/mol. The molecule has 132 valence electrons. The molecule has 0 atom stereocenters. The molecule has 0 aliphatic carbocycles. The first-order valence-electron chi connectivity index (χ1n) is 8.03. The van der Waals surface area contributed by atoms with Crippen LogP contribution in [0.4, 0.5) is 5.69 Å². The maximum absolute atomic E-state index is 12.2. The molecule has 0 radical (unpaired) electrons. The minimum absolute atomic E-state index is 0.0378. The molecule has 6 heteroatoms. The van der Waals surface area contributed by atoms with Crippen LogP contribution in [0.1, 0.15) is 36.7 Å². The van der Waals surface area contributed by atoms with Gasteiger partial charge in [-0.25, -0.2) is 0 Å². The number of nitrogens with one attached hydrogen (secondary N) is 2. The van der Waals surface area contributed by atoms with E-state index in [4.69, 9.17) is 0 Å². The van der Waals surface area contributed by atoms with E-state index < -0.39 is 0 Å². The van der Waals surface area contributed by atoms with E-state index in [1.165, 1.54) is 35.5 Å². The lowest BCUT2D eigenvalue weighted by atomic mass is 9.87. The van der Waals surface area contributed by atoms with Crippen LogP contribution >= 0.6 is 0 Å².